The van der Waals surface area contributed by atoms with Crippen LogP contribution in [0.1, 0.15) is 39.9 Å². The predicted octanol–water partition coefficient (Wildman–Crippen LogP) is 1.80. The summed E-state index contributed by atoms with van der Waals surface area (Å²) in [5.74, 6) is -6.21. The first-order valence-electron chi connectivity index (χ1n) is 11.9. The fourth-order valence-electron chi connectivity index (χ4n) is 4.29. The number of carbonyl (C=O) groups excluding carboxylic acids is 4. The van der Waals surface area contributed by atoms with Crippen molar-refractivity contribution in [2.24, 2.45) is 0 Å². The second kappa shape index (κ2) is 10.6. The van der Waals surface area contributed by atoms with Crippen molar-refractivity contribution in [3.05, 3.63) is 64.7 Å². The quantitative estimate of drug-likeness (QED) is 0.494. The molecule has 4 amide bonds. The Morgan fingerprint density at radius 1 is 1.19 bits per heavy atom. The lowest BCUT2D eigenvalue weighted by molar-refractivity contribution is -0.147. The van der Waals surface area contributed by atoms with Crippen molar-refractivity contribution >= 4 is 23.6 Å². The van der Waals surface area contributed by atoms with Crippen molar-refractivity contribution in [3.8, 4) is 5.75 Å². The summed E-state index contributed by atoms with van der Waals surface area (Å²) in [6.45, 7) is 0.904. The average Bonchev–Trinajstić information content (AvgIpc) is 3.17. The molecule has 0 bridgehead atoms. The molecule has 1 unspecified atom stereocenters. The fraction of sp³-hybridized carbons (Fsp3) is 0.385. The van der Waals surface area contributed by atoms with E-state index < -0.39 is 29.3 Å². The zero-order valence-corrected chi connectivity index (χ0v) is 20.6. The summed E-state index contributed by atoms with van der Waals surface area (Å²) >= 11 is 0. The summed E-state index contributed by atoms with van der Waals surface area (Å²) in [7, 11) is 3.73. The number of imide groups is 1. The van der Waals surface area contributed by atoms with E-state index >= 15 is 0 Å². The van der Waals surface area contributed by atoms with Crippen molar-refractivity contribution in [1.29, 1.82) is 0 Å². The summed E-state index contributed by atoms with van der Waals surface area (Å²) < 4.78 is 35.3. The highest BCUT2D eigenvalue weighted by molar-refractivity contribution is 6.05. The summed E-state index contributed by atoms with van der Waals surface area (Å²) in [5.41, 5.74) is 1.07. The second-order valence-corrected chi connectivity index (χ2v) is 9.33. The molecule has 1 saturated heterocycles. The minimum Gasteiger partial charge on any atom is -0.492 e. The largest absolute Gasteiger partial charge is 0.492 e. The zero-order valence-electron chi connectivity index (χ0n) is 20.6. The molecule has 2 heterocycles. The van der Waals surface area contributed by atoms with Gasteiger partial charge in [0.25, 0.3) is 11.8 Å². The van der Waals surface area contributed by atoms with E-state index in [0.29, 0.717) is 29.8 Å². The van der Waals surface area contributed by atoms with Crippen LogP contribution < -0.4 is 15.4 Å². The minimum atomic E-state index is -3.78. The lowest BCUT2D eigenvalue weighted by Crippen LogP contribution is -2.52. The van der Waals surface area contributed by atoms with Crippen molar-refractivity contribution in [1.82, 2.24) is 20.4 Å². The van der Waals surface area contributed by atoms with Gasteiger partial charge >= 0.3 is 5.92 Å². The van der Waals surface area contributed by atoms with E-state index in [1.807, 2.05) is 19.0 Å². The van der Waals surface area contributed by atoms with Crippen LogP contribution >= 0.6 is 0 Å². The molecule has 2 aliphatic rings. The molecule has 196 valence electrons. The van der Waals surface area contributed by atoms with E-state index in [4.69, 9.17) is 4.74 Å². The summed E-state index contributed by atoms with van der Waals surface area (Å²) in [4.78, 5) is 52.1. The first-order valence-corrected chi connectivity index (χ1v) is 11.9. The van der Waals surface area contributed by atoms with Gasteiger partial charge in [-0.1, -0.05) is 24.3 Å². The van der Waals surface area contributed by atoms with Gasteiger partial charge in [-0.05, 0) is 49.8 Å². The summed E-state index contributed by atoms with van der Waals surface area (Å²) in [6.07, 6.45) is 0.386. The Balaban J connectivity index is 1.38. The monoisotopic (exact) mass is 514 g/mol. The molecule has 11 heteroatoms. The highest BCUT2D eigenvalue weighted by Gasteiger charge is 2.41. The molecule has 1 fully saturated rings. The molecule has 4 rings (SSSR count). The Hall–Kier alpha value is -3.86. The van der Waals surface area contributed by atoms with Gasteiger partial charge in [0.15, 0.2) is 0 Å². The van der Waals surface area contributed by atoms with E-state index in [1.165, 1.54) is 17.0 Å². The molecule has 2 N–H and O–H groups in total. The van der Waals surface area contributed by atoms with Crippen molar-refractivity contribution in [3.63, 3.8) is 0 Å². The molecule has 0 radical (unpaired) electrons. The van der Waals surface area contributed by atoms with Gasteiger partial charge in [-0.15, -0.1) is 0 Å². The Bertz CT molecular complexity index is 1230. The SMILES string of the molecule is CN(C)CCOc1cccc(C(F)(F)C(=O)NCc2ccc3c(c2)CN(C2CCC(=O)NC2=O)C3=O)c1. The first kappa shape index (κ1) is 26.2. The molecule has 2 aromatic carbocycles. The van der Waals surface area contributed by atoms with E-state index in [-0.39, 0.29) is 43.5 Å². The van der Waals surface area contributed by atoms with Crippen LogP contribution in [0, 0.1) is 0 Å². The molecule has 0 aromatic heterocycles. The number of hydrogen-bond donors (Lipinski definition) is 2. The average molecular weight is 515 g/mol. The van der Waals surface area contributed by atoms with Gasteiger partial charge in [0.05, 0.1) is 0 Å². The molecule has 9 nitrogen and oxygen atoms in total. The standard InChI is InChI=1S/C26H28F2N4O5/c1-31(2)10-11-37-19-5-3-4-18(13-19)26(27,28)25(36)29-14-16-6-7-20-17(12-16)15-32(24(20)35)21-8-9-22(33)30-23(21)34/h3-7,12-13,21H,8-11,14-15H2,1-2H3,(H,29,36)(H,30,33,34). The maximum Gasteiger partial charge on any atom is 0.349 e. The predicted molar refractivity (Wildman–Crippen MR) is 129 cm³/mol. The number of amides is 4. The zero-order chi connectivity index (χ0) is 26.7. The molecule has 37 heavy (non-hydrogen) atoms. The normalized spacial score (nSPS) is 17.6. The Morgan fingerprint density at radius 2 is 1.97 bits per heavy atom. The maximum atomic E-state index is 14.9. The van der Waals surface area contributed by atoms with E-state index in [1.54, 1.807) is 24.3 Å². The Kier molecular flexibility index (Phi) is 7.53. The third-order valence-electron chi connectivity index (χ3n) is 6.33. The number of nitrogens with zero attached hydrogens (tertiary/aromatic N) is 2. The minimum absolute atomic E-state index is 0.146. The number of rotatable bonds is 9. The molecular formula is C26H28F2N4O5. The number of alkyl halides is 2. The molecule has 0 saturated carbocycles. The topological polar surface area (TPSA) is 108 Å². The van der Waals surface area contributed by atoms with Crippen LogP contribution in [-0.2, 0) is 33.4 Å². The number of ether oxygens (including phenoxy) is 1. The highest BCUT2D eigenvalue weighted by atomic mass is 19.3. The van der Waals surface area contributed by atoms with Gasteiger partial charge in [0.2, 0.25) is 11.8 Å². The third-order valence-corrected chi connectivity index (χ3v) is 6.33. The Labute approximate surface area is 212 Å². The lowest BCUT2D eigenvalue weighted by Gasteiger charge is -2.29. The maximum absolute atomic E-state index is 14.9. The molecule has 1 atom stereocenters. The number of nitrogens with one attached hydrogen (secondary N) is 2. The van der Waals surface area contributed by atoms with Crippen LogP contribution in [0.5, 0.6) is 5.75 Å². The molecule has 0 spiro atoms. The van der Waals surface area contributed by atoms with Gasteiger partial charge in [-0.2, -0.15) is 8.78 Å². The number of likely N-dealkylation sites (N-methyl/N-ethyl adjacent to an activating group) is 1. The van der Waals surface area contributed by atoms with Crippen molar-refractivity contribution < 1.29 is 32.7 Å². The van der Waals surface area contributed by atoms with E-state index in [0.717, 1.165) is 6.07 Å². The van der Waals surface area contributed by atoms with Crippen LogP contribution in [0.4, 0.5) is 8.78 Å². The Morgan fingerprint density at radius 3 is 2.70 bits per heavy atom. The van der Waals surface area contributed by atoms with Crippen LogP contribution in [0.3, 0.4) is 0 Å². The fourth-order valence-corrected chi connectivity index (χ4v) is 4.29. The second-order valence-electron chi connectivity index (χ2n) is 9.33. The first-order chi connectivity index (χ1) is 17.6. The molecule has 0 aliphatic carbocycles. The number of halogens is 2. The van der Waals surface area contributed by atoms with Crippen LogP contribution in [0.2, 0.25) is 0 Å². The van der Waals surface area contributed by atoms with Gasteiger partial charge in [0, 0.05) is 37.2 Å². The van der Waals surface area contributed by atoms with Crippen LogP contribution in [-0.4, -0.2) is 66.7 Å². The molecule has 2 aromatic rings. The van der Waals surface area contributed by atoms with E-state index in [9.17, 15) is 28.0 Å². The van der Waals surface area contributed by atoms with Gasteiger partial charge in [-0.25, -0.2) is 0 Å². The number of benzene rings is 2. The van der Waals surface area contributed by atoms with Crippen molar-refractivity contribution in [2.75, 3.05) is 27.2 Å². The number of fused-ring (bicyclic) bond motifs is 1. The highest BCUT2D eigenvalue weighted by Crippen LogP contribution is 2.31. The van der Waals surface area contributed by atoms with Crippen LogP contribution in [0.25, 0.3) is 0 Å². The number of hydrogen-bond acceptors (Lipinski definition) is 6. The summed E-state index contributed by atoms with van der Waals surface area (Å²) in [5, 5.41) is 4.51. The summed E-state index contributed by atoms with van der Waals surface area (Å²) in [6, 6.07) is 9.31. The third kappa shape index (κ3) is 5.77. The lowest BCUT2D eigenvalue weighted by atomic mass is 10.0. The molecular weight excluding hydrogens is 486 g/mol. The van der Waals surface area contributed by atoms with Gasteiger partial charge < -0.3 is 19.9 Å². The van der Waals surface area contributed by atoms with Gasteiger partial charge in [0.1, 0.15) is 18.4 Å². The van der Waals surface area contributed by atoms with Crippen LogP contribution in [0.15, 0.2) is 42.5 Å². The number of carbonyl (C=O) groups is 4. The van der Waals surface area contributed by atoms with Gasteiger partial charge in [-0.3, -0.25) is 24.5 Å². The number of piperidine rings is 1. The van der Waals surface area contributed by atoms with E-state index in [2.05, 4.69) is 10.6 Å². The molecule has 2 aliphatic heterocycles. The van der Waals surface area contributed by atoms with Crippen molar-refractivity contribution in [2.45, 2.75) is 37.9 Å². The smallest absolute Gasteiger partial charge is 0.349 e.